The van der Waals surface area contributed by atoms with Crippen LogP contribution in [-0.4, -0.2) is 44.7 Å². The second kappa shape index (κ2) is 5.19. The Bertz CT molecular complexity index is 663. The first-order valence-corrected chi connectivity index (χ1v) is 5.79. The lowest BCUT2D eigenvalue weighted by Gasteiger charge is -2.07. The number of carboxylic acids is 1. The molecule has 0 spiro atoms. The molecule has 1 N–H and O–H groups in total. The number of rotatable bonds is 4. The van der Waals surface area contributed by atoms with Gasteiger partial charge in [0.05, 0.1) is 19.2 Å². The van der Waals surface area contributed by atoms with E-state index in [-0.39, 0.29) is 24.4 Å². The van der Waals surface area contributed by atoms with Crippen LogP contribution in [0.2, 0.25) is 0 Å². The molecule has 0 unspecified atom stereocenters. The lowest BCUT2D eigenvalue weighted by Crippen LogP contribution is -2.28. The standard InChI is InChI=1S/C11H12N4O5/c1-5-8(11(19)20-2)9-13-12-6(3-4-7(16)17)10(18)15(9)14-5/h8H,3-4H2,1-2H3,(H,16,17)/t8-/m0/s1. The van der Waals surface area contributed by atoms with E-state index in [9.17, 15) is 14.4 Å². The van der Waals surface area contributed by atoms with Gasteiger partial charge in [-0.05, 0) is 6.92 Å². The highest BCUT2D eigenvalue weighted by atomic mass is 16.5. The monoisotopic (exact) mass is 280 g/mol. The van der Waals surface area contributed by atoms with Gasteiger partial charge in [-0.3, -0.25) is 14.4 Å². The van der Waals surface area contributed by atoms with E-state index in [0.717, 1.165) is 4.68 Å². The fourth-order valence-electron chi connectivity index (χ4n) is 1.88. The number of hydrogen-bond acceptors (Lipinski definition) is 7. The van der Waals surface area contributed by atoms with E-state index < -0.39 is 23.4 Å². The number of carboxylic acid groups (broad SMARTS) is 1. The van der Waals surface area contributed by atoms with Crippen LogP contribution < -0.4 is 5.56 Å². The summed E-state index contributed by atoms with van der Waals surface area (Å²) in [5.41, 5.74) is -0.196. The van der Waals surface area contributed by atoms with Gasteiger partial charge >= 0.3 is 11.9 Å². The largest absolute Gasteiger partial charge is 0.481 e. The zero-order valence-corrected chi connectivity index (χ0v) is 10.9. The highest BCUT2D eigenvalue weighted by molar-refractivity contribution is 6.06. The van der Waals surface area contributed by atoms with E-state index in [4.69, 9.17) is 5.11 Å². The van der Waals surface area contributed by atoms with E-state index in [1.165, 1.54) is 7.11 Å². The van der Waals surface area contributed by atoms with E-state index in [1.54, 1.807) is 6.92 Å². The summed E-state index contributed by atoms with van der Waals surface area (Å²) in [6.45, 7) is 1.58. The van der Waals surface area contributed by atoms with Crippen LogP contribution in [0.25, 0.3) is 0 Å². The van der Waals surface area contributed by atoms with Crippen molar-refractivity contribution < 1.29 is 19.4 Å². The summed E-state index contributed by atoms with van der Waals surface area (Å²) in [4.78, 5) is 34.2. The summed E-state index contributed by atoms with van der Waals surface area (Å²) >= 11 is 0. The highest BCUT2D eigenvalue weighted by Crippen LogP contribution is 2.21. The van der Waals surface area contributed by atoms with Gasteiger partial charge in [0.15, 0.2) is 11.7 Å². The second-order valence-corrected chi connectivity index (χ2v) is 4.21. The maximum Gasteiger partial charge on any atom is 0.322 e. The molecule has 2 rings (SSSR count). The fraction of sp³-hybridized carbons (Fsp3) is 0.455. The molecule has 20 heavy (non-hydrogen) atoms. The first-order valence-electron chi connectivity index (χ1n) is 5.79. The number of carbonyl (C=O) groups is 2. The van der Waals surface area contributed by atoms with Crippen molar-refractivity contribution in [3.05, 3.63) is 21.9 Å². The lowest BCUT2D eigenvalue weighted by atomic mass is 10.1. The second-order valence-electron chi connectivity index (χ2n) is 4.21. The quantitative estimate of drug-likeness (QED) is 0.712. The molecule has 1 aliphatic rings. The van der Waals surface area contributed by atoms with Crippen molar-refractivity contribution in [2.24, 2.45) is 5.10 Å². The number of aromatic nitrogens is 3. The molecule has 9 heteroatoms. The summed E-state index contributed by atoms with van der Waals surface area (Å²) < 4.78 is 5.60. The Morgan fingerprint density at radius 1 is 1.40 bits per heavy atom. The molecule has 1 aromatic rings. The van der Waals surface area contributed by atoms with Crippen LogP contribution in [-0.2, 0) is 20.7 Å². The number of fused-ring (bicyclic) bond motifs is 1. The number of aryl methyl sites for hydroxylation is 1. The van der Waals surface area contributed by atoms with Crippen molar-refractivity contribution in [3.63, 3.8) is 0 Å². The topological polar surface area (TPSA) is 124 Å². The minimum atomic E-state index is -1.04. The maximum atomic E-state index is 12.1. The van der Waals surface area contributed by atoms with Gasteiger partial charge in [-0.2, -0.15) is 9.78 Å². The Labute approximate surface area is 112 Å². The molecule has 0 amide bonds. The number of ether oxygens (including phenoxy) is 1. The number of nitrogens with zero attached hydrogens (tertiary/aromatic N) is 4. The molecule has 0 saturated carbocycles. The predicted octanol–water partition coefficient (Wildman–Crippen LogP) is -0.850. The number of hydrogen-bond donors (Lipinski definition) is 1. The van der Waals surface area contributed by atoms with E-state index in [1.807, 2.05) is 0 Å². The smallest absolute Gasteiger partial charge is 0.322 e. The molecule has 0 saturated heterocycles. The summed E-state index contributed by atoms with van der Waals surface area (Å²) in [7, 11) is 1.23. The Kier molecular flexibility index (Phi) is 3.59. The van der Waals surface area contributed by atoms with Gasteiger partial charge in [0.1, 0.15) is 5.69 Å². The van der Waals surface area contributed by atoms with Gasteiger partial charge in [0.25, 0.3) is 5.56 Å². The van der Waals surface area contributed by atoms with Crippen molar-refractivity contribution in [2.45, 2.75) is 25.7 Å². The van der Waals surface area contributed by atoms with Gasteiger partial charge in [0.2, 0.25) is 0 Å². The average Bonchev–Trinajstić information content (AvgIpc) is 2.74. The minimum absolute atomic E-state index is 0.00165. The van der Waals surface area contributed by atoms with E-state index >= 15 is 0 Å². The normalized spacial score (nSPS) is 16.5. The van der Waals surface area contributed by atoms with Crippen LogP contribution in [0.5, 0.6) is 0 Å². The first-order chi connectivity index (χ1) is 9.45. The fourth-order valence-corrected chi connectivity index (χ4v) is 1.88. The maximum absolute atomic E-state index is 12.1. The van der Waals surface area contributed by atoms with Crippen molar-refractivity contribution in [2.75, 3.05) is 7.11 Å². The molecule has 0 fully saturated rings. The zero-order chi connectivity index (χ0) is 14.9. The first kappa shape index (κ1) is 13.8. The summed E-state index contributed by atoms with van der Waals surface area (Å²) in [6, 6.07) is 0. The van der Waals surface area contributed by atoms with E-state index in [2.05, 4.69) is 20.0 Å². The number of methoxy groups -OCH3 is 1. The molecular formula is C11H12N4O5. The van der Waals surface area contributed by atoms with Crippen LogP contribution in [0.15, 0.2) is 9.90 Å². The van der Waals surface area contributed by atoms with Crippen LogP contribution in [0.3, 0.4) is 0 Å². The molecule has 1 aromatic heterocycles. The molecule has 1 aliphatic heterocycles. The van der Waals surface area contributed by atoms with Crippen molar-refractivity contribution in [3.8, 4) is 0 Å². The lowest BCUT2D eigenvalue weighted by molar-refractivity contribution is -0.141. The Hall–Kier alpha value is -2.58. The summed E-state index contributed by atoms with van der Waals surface area (Å²) in [5, 5.41) is 20.1. The molecule has 0 aliphatic carbocycles. The summed E-state index contributed by atoms with van der Waals surface area (Å²) in [5.74, 6) is -2.39. The number of esters is 1. The predicted molar refractivity (Wildman–Crippen MR) is 65.5 cm³/mol. The Morgan fingerprint density at radius 2 is 2.10 bits per heavy atom. The van der Waals surface area contributed by atoms with Gasteiger partial charge in [-0.1, -0.05) is 0 Å². The van der Waals surface area contributed by atoms with Gasteiger partial charge in [-0.15, -0.1) is 10.2 Å². The number of carbonyl (C=O) groups excluding carboxylic acids is 1. The van der Waals surface area contributed by atoms with Crippen LogP contribution in [0.1, 0.15) is 30.8 Å². The van der Waals surface area contributed by atoms with Crippen LogP contribution in [0.4, 0.5) is 0 Å². The van der Waals surface area contributed by atoms with Crippen LogP contribution in [0, 0.1) is 0 Å². The number of aliphatic carboxylic acids is 1. The Morgan fingerprint density at radius 3 is 2.70 bits per heavy atom. The molecule has 0 bridgehead atoms. The van der Waals surface area contributed by atoms with Gasteiger partial charge in [-0.25, -0.2) is 0 Å². The van der Waals surface area contributed by atoms with Gasteiger partial charge < -0.3 is 9.84 Å². The van der Waals surface area contributed by atoms with Crippen LogP contribution >= 0.6 is 0 Å². The Balaban J connectivity index is 2.41. The van der Waals surface area contributed by atoms with Crippen molar-refractivity contribution >= 4 is 17.7 Å². The third kappa shape index (κ3) is 2.29. The van der Waals surface area contributed by atoms with Crippen molar-refractivity contribution in [1.29, 1.82) is 0 Å². The third-order valence-electron chi connectivity index (χ3n) is 2.88. The molecule has 1 atom stereocenters. The molecule has 0 aromatic carbocycles. The zero-order valence-electron chi connectivity index (χ0n) is 10.9. The minimum Gasteiger partial charge on any atom is -0.481 e. The van der Waals surface area contributed by atoms with Crippen molar-refractivity contribution in [1.82, 2.24) is 14.9 Å². The molecule has 106 valence electrons. The molecular weight excluding hydrogens is 268 g/mol. The molecule has 9 nitrogen and oxygen atoms in total. The average molecular weight is 280 g/mol. The SMILES string of the molecule is COC(=O)[C@H]1C(C)=Nn2c1nnc(CCC(=O)O)c2=O. The molecule has 0 radical (unpaired) electrons. The summed E-state index contributed by atoms with van der Waals surface area (Å²) in [6.07, 6.45) is -0.273. The van der Waals surface area contributed by atoms with E-state index in [0.29, 0.717) is 5.71 Å². The molecule has 2 heterocycles. The third-order valence-corrected chi connectivity index (χ3v) is 2.88. The highest BCUT2D eigenvalue weighted by Gasteiger charge is 2.35. The van der Waals surface area contributed by atoms with Gasteiger partial charge in [0, 0.05) is 6.42 Å².